The van der Waals surface area contributed by atoms with Crippen molar-refractivity contribution in [1.82, 2.24) is 10.2 Å². The first-order valence-corrected chi connectivity index (χ1v) is 7.52. The second-order valence-corrected chi connectivity index (χ2v) is 6.12. The molecule has 2 aliphatic rings. The van der Waals surface area contributed by atoms with Gasteiger partial charge in [-0.2, -0.15) is 13.2 Å². The summed E-state index contributed by atoms with van der Waals surface area (Å²) in [6, 6.07) is 0.664. The number of likely N-dealkylation sites (tertiary alicyclic amines) is 1. The summed E-state index contributed by atoms with van der Waals surface area (Å²) < 4.78 is 36.9. The lowest BCUT2D eigenvalue weighted by Gasteiger charge is -2.38. The Bertz CT molecular complexity index is 276. The summed E-state index contributed by atoms with van der Waals surface area (Å²) in [5.41, 5.74) is 0. The predicted octanol–water partition coefficient (Wildman–Crippen LogP) is 3.18. The van der Waals surface area contributed by atoms with E-state index >= 15 is 0 Å². The SMILES string of the molecule is CCCCC1CC(NCC(F)(F)F)CN(C2CC2)C1. The summed E-state index contributed by atoms with van der Waals surface area (Å²) in [5, 5.41) is 2.71. The fourth-order valence-corrected chi connectivity index (χ4v) is 3.09. The molecule has 112 valence electrons. The standard InChI is InChI=1S/C14H25F3N2/c1-2-3-4-11-7-12(18-10-14(15,16)17)9-19(8-11)13-5-6-13/h11-13,18H,2-10H2,1H3. The molecule has 0 aromatic heterocycles. The molecule has 0 spiro atoms. The van der Waals surface area contributed by atoms with Crippen LogP contribution in [-0.4, -0.2) is 42.8 Å². The van der Waals surface area contributed by atoms with Gasteiger partial charge in [0.05, 0.1) is 6.54 Å². The number of nitrogens with zero attached hydrogens (tertiary/aromatic N) is 1. The molecule has 5 heteroatoms. The summed E-state index contributed by atoms with van der Waals surface area (Å²) >= 11 is 0. The maximum absolute atomic E-state index is 12.3. The molecule has 2 rings (SSSR count). The number of hydrogen-bond donors (Lipinski definition) is 1. The monoisotopic (exact) mass is 278 g/mol. The van der Waals surface area contributed by atoms with Crippen LogP contribution in [0.1, 0.15) is 45.4 Å². The number of nitrogens with one attached hydrogen (secondary N) is 1. The van der Waals surface area contributed by atoms with E-state index in [-0.39, 0.29) is 6.04 Å². The Kier molecular flexibility index (Phi) is 5.12. The van der Waals surface area contributed by atoms with Crippen LogP contribution in [0.25, 0.3) is 0 Å². The molecule has 0 aromatic rings. The third-order valence-electron chi connectivity index (χ3n) is 4.19. The first kappa shape index (κ1) is 15.1. The van der Waals surface area contributed by atoms with Crippen LogP contribution in [0.3, 0.4) is 0 Å². The number of alkyl halides is 3. The first-order chi connectivity index (χ1) is 8.98. The smallest absolute Gasteiger partial charge is 0.305 e. The van der Waals surface area contributed by atoms with Crippen LogP contribution < -0.4 is 5.32 Å². The highest BCUT2D eigenvalue weighted by Crippen LogP contribution is 2.32. The summed E-state index contributed by atoms with van der Waals surface area (Å²) in [6.07, 6.45) is 2.78. The minimum absolute atomic E-state index is 0.0119. The molecule has 1 N–H and O–H groups in total. The molecule has 1 aliphatic carbocycles. The van der Waals surface area contributed by atoms with Crippen LogP contribution in [0, 0.1) is 5.92 Å². The van der Waals surface area contributed by atoms with Crippen molar-refractivity contribution >= 4 is 0 Å². The largest absolute Gasteiger partial charge is 0.401 e. The van der Waals surface area contributed by atoms with Gasteiger partial charge in [-0.15, -0.1) is 0 Å². The summed E-state index contributed by atoms with van der Waals surface area (Å²) in [4.78, 5) is 2.41. The van der Waals surface area contributed by atoms with Crippen LogP contribution in [0.15, 0.2) is 0 Å². The lowest BCUT2D eigenvalue weighted by atomic mass is 9.89. The average Bonchev–Trinajstić information content (AvgIpc) is 3.17. The fraction of sp³-hybridized carbons (Fsp3) is 1.00. The van der Waals surface area contributed by atoms with E-state index in [0.717, 1.165) is 25.9 Å². The Morgan fingerprint density at radius 1 is 1.21 bits per heavy atom. The minimum Gasteiger partial charge on any atom is -0.305 e. The molecule has 0 bridgehead atoms. The van der Waals surface area contributed by atoms with Crippen LogP contribution in [0.2, 0.25) is 0 Å². The Morgan fingerprint density at radius 2 is 1.95 bits per heavy atom. The Labute approximate surface area is 113 Å². The van der Waals surface area contributed by atoms with Crippen molar-refractivity contribution in [2.75, 3.05) is 19.6 Å². The maximum atomic E-state index is 12.3. The van der Waals surface area contributed by atoms with Crippen molar-refractivity contribution in [3.63, 3.8) is 0 Å². The lowest BCUT2D eigenvalue weighted by molar-refractivity contribution is -0.127. The van der Waals surface area contributed by atoms with Gasteiger partial charge in [0, 0.05) is 25.2 Å². The second-order valence-electron chi connectivity index (χ2n) is 6.12. The van der Waals surface area contributed by atoms with Gasteiger partial charge in [-0.3, -0.25) is 4.90 Å². The summed E-state index contributed by atoms with van der Waals surface area (Å²) in [7, 11) is 0. The molecule has 1 saturated heterocycles. The van der Waals surface area contributed by atoms with Crippen molar-refractivity contribution in [2.24, 2.45) is 5.92 Å². The topological polar surface area (TPSA) is 15.3 Å². The zero-order chi connectivity index (χ0) is 13.9. The Balaban J connectivity index is 1.82. The van der Waals surface area contributed by atoms with E-state index in [9.17, 15) is 13.2 Å². The van der Waals surface area contributed by atoms with Crippen molar-refractivity contribution in [3.8, 4) is 0 Å². The molecule has 1 saturated carbocycles. The number of halogens is 3. The predicted molar refractivity (Wildman–Crippen MR) is 70.1 cm³/mol. The highest BCUT2D eigenvalue weighted by atomic mass is 19.4. The van der Waals surface area contributed by atoms with Crippen molar-refractivity contribution < 1.29 is 13.2 Å². The Morgan fingerprint density at radius 3 is 2.53 bits per heavy atom. The van der Waals surface area contributed by atoms with E-state index in [4.69, 9.17) is 0 Å². The van der Waals surface area contributed by atoms with Gasteiger partial charge in [0.2, 0.25) is 0 Å². The van der Waals surface area contributed by atoms with Gasteiger partial charge >= 0.3 is 6.18 Å². The van der Waals surface area contributed by atoms with Crippen LogP contribution in [-0.2, 0) is 0 Å². The van der Waals surface area contributed by atoms with Gasteiger partial charge in [-0.05, 0) is 31.6 Å². The molecular weight excluding hydrogens is 253 g/mol. The van der Waals surface area contributed by atoms with Gasteiger partial charge in [-0.1, -0.05) is 19.8 Å². The second kappa shape index (κ2) is 6.44. The Hall–Kier alpha value is -0.290. The normalized spacial score (nSPS) is 29.7. The molecule has 0 amide bonds. The van der Waals surface area contributed by atoms with E-state index in [1.165, 1.54) is 25.7 Å². The molecular formula is C14H25F3N2. The van der Waals surface area contributed by atoms with E-state index in [0.29, 0.717) is 12.0 Å². The highest BCUT2D eigenvalue weighted by Gasteiger charge is 2.37. The molecule has 2 fully saturated rings. The molecule has 1 aliphatic heterocycles. The molecule has 1 heterocycles. The van der Waals surface area contributed by atoms with E-state index in [1.54, 1.807) is 0 Å². The number of piperidine rings is 1. The first-order valence-electron chi connectivity index (χ1n) is 7.52. The van der Waals surface area contributed by atoms with Gasteiger partial charge in [0.1, 0.15) is 0 Å². The van der Waals surface area contributed by atoms with Gasteiger partial charge in [0.25, 0.3) is 0 Å². The minimum atomic E-state index is -4.10. The summed E-state index contributed by atoms with van der Waals surface area (Å²) in [6.45, 7) is 3.20. The molecule has 0 radical (unpaired) electrons. The van der Waals surface area contributed by atoms with Crippen molar-refractivity contribution in [1.29, 1.82) is 0 Å². The van der Waals surface area contributed by atoms with E-state index in [2.05, 4.69) is 17.1 Å². The quantitative estimate of drug-likeness (QED) is 0.803. The molecule has 0 aromatic carbocycles. The van der Waals surface area contributed by atoms with Crippen molar-refractivity contribution in [2.45, 2.75) is 63.7 Å². The third-order valence-corrected chi connectivity index (χ3v) is 4.19. The fourth-order valence-electron chi connectivity index (χ4n) is 3.09. The zero-order valence-electron chi connectivity index (χ0n) is 11.7. The number of hydrogen-bond acceptors (Lipinski definition) is 2. The van der Waals surface area contributed by atoms with E-state index in [1.807, 2.05) is 0 Å². The van der Waals surface area contributed by atoms with Crippen molar-refractivity contribution in [3.05, 3.63) is 0 Å². The van der Waals surface area contributed by atoms with Crippen LogP contribution >= 0.6 is 0 Å². The third kappa shape index (κ3) is 5.30. The van der Waals surface area contributed by atoms with Gasteiger partial charge < -0.3 is 5.32 Å². The molecule has 2 nitrogen and oxygen atoms in total. The average molecular weight is 278 g/mol. The highest BCUT2D eigenvalue weighted by molar-refractivity contribution is 4.92. The lowest BCUT2D eigenvalue weighted by Crippen LogP contribution is -2.51. The van der Waals surface area contributed by atoms with Crippen LogP contribution in [0.5, 0.6) is 0 Å². The van der Waals surface area contributed by atoms with Crippen LogP contribution in [0.4, 0.5) is 13.2 Å². The molecule has 19 heavy (non-hydrogen) atoms. The van der Waals surface area contributed by atoms with E-state index < -0.39 is 12.7 Å². The maximum Gasteiger partial charge on any atom is 0.401 e. The zero-order valence-corrected chi connectivity index (χ0v) is 11.7. The summed E-state index contributed by atoms with van der Waals surface area (Å²) in [5.74, 6) is 0.569. The van der Waals surface area contributed by atoms with Gasteiger partial charge in [0.15, 0.2) is 0 Å². The molecule has 2 atom stereocenters. The number of rotatable bonds is 6. The molecule has 2 unspecified atom stereocenters. The van der Waals surface area contributed by atoms with Gasteiger partial charge in [-0.25, -0.2) is 0 Å². The number of unbranched alkanes of at least 4 members (excludes halogenated alkanes) is 1.